The molecule has 0 saturated heterocycles. The SMILES string of the molecule is C/C=C/COC(=O)CCc1nc2ccccc2n(CCc2ccccc2)c1=O. The molecule has 0 amide bonds. The highest BCUT2D eigenvalue weighted by molar-refractivity contribution is 5.75. The van der Waals surface area contributed by atoms with Gasteiger partial charge in [0.15, 0.2) is 0 Å². The number of para-hydroxylation sites is 2. The first-order valence-corrected chi connectivity index (χ1v) is 9.48. The minimum atomic E-state index is -0.330. The number of rotatable bonds is 8. The Labute approximate surface area is 164 Å². The first-order chi connectivity index (χ1) is 13.7. The standard InChI is InChI=1S/C23H24N2O3/c1-2-3-17-28-22(26)14-13-20-23(27)25(16-15-18-9-5-4-6-10-18)21-12-8-7-11-19(21)24-20/h2-12H,13-17H2,1H3/b3-2+. The van der Waals surface area contributed by atoms with E-state index >= 15 is 0 Å². The van der Waals surface area contributed by atoms with Crippen molar-refractivity contribution in [2.75, 3.05) is 6.61 Å². The van der Waals surface area contributed by atoms with Crippen LogP contribution < -0.4 is 5.56 Å². The fraction of sp³-hybridized carbons (Fsp3) is 0.261. The Morgan fingerprint density at radius 2 is 1.82 bits per heavy atom. The second kappa shape index (κ2) is 9.65. The van der Waals surface area contributed by atoms with Crippen LogP contribution in [0, 0.1) is 0 Å². The molecule has 0 aliphatic rings. The Bertz CT molecular complexity index is 1020. The van der Waals surface area contributed by atoms with Gasteiger partial charge in [-0.05, 0) is 31.0 Å². The molecule has 0 saturated carbocycles. The number of aromatic nitrogens is 2. The van der Waals surface area contributed by atoms with Gasteiger partial charge >= 0.3 is 5.97 Å². The Balaban J connectivity index is 1.82. The Kier molecular flexibility index (Phi) is 6.73. The number of allylic oxidation sites excluding steroid dienone is 1. The average Bonchev–Trinajstić information content (AvgIpc) is 2.72. The lowest BCUT2D eigenvalue weighted by Gasteiger charge is -2.12. The predicted octanol–water partition coefficient (Wildman–Crippen LogP) is 3.69. The van der Waals surface area contributed by atoms with E-state index in [1.54, 1.807) is 10.6 Å². The van der Waals surface area contributed by atoms with Crippen LogP contribution in [0.25, 0.3) is 11.0 Å². The quantitative estimate of drug-likeness (QED) is 0.444. The molecule has 0 bridgehead atoms. The van der Waals surface area contributed by atoms with Crippen molar-refractivity contribution < 1.29 is 9.53 Å². The summed E-state index contributed by atoms with van der Waals surface area (Å²) in [5.41, 5.74) is 2.99. The number of fused-ring (bicyclic) bond motifs is 1. The number of benzene rings is 2. The number of carbonyl (C=O) groups excluding carboxylic acids is 1. The lowest BCUT2D eigenvalue weighted by Crippen LogP contribution is -2.27. The molecule has 5 nitrogen and oxygen atoms in total. The van der Waals surface area contributed by atoms with E-state index in [0.717, 1.165) is 17.5 Å². The molecular weight excluding hydrogens is 352 g/mol. The predicted molar refractivity (Wildman–Crippen MR) is 110 cm³/mol. The zero-order valence-electron chi connectivity index (χ0n) is 16.0. The molecule has 0 fully saturated rings. The lowest BCUT2D eigenvalue weighted by atomic mass is 10.1. The summed E-state index contributed by atoms with van der Waals surface area (Å²) in [5, 5.41) is 0. The van der Waals surface area contributed by atoms with Gasteiger partial charge in [0.2, 0.25) is 0 Å². The number of esters is 1. The van der Waals surface area contributed by atoms with Gasteiger partial charge in [-0.3, -0.25) is 9.59 Å². The maximum absolute atomic E-state index is 13.0. The molecule has 0 spiro atoms. The Hall–Kier alpha value is -3.21. The van der Waals surface area contributed by atoms with Crippen molar-refractivity contribution in [2.45, 2.75) is 32.7 Å². The highest BCUT2D eigenvalue weighted by Crippen LogP contribution is 2.12. The van der Waals surface area contributed by atoms with Crippen LogP contribution in [-0.2, 0) is 28.9 Å². The summed E-state index contributed by atoms with van der Waals surface area (Å²) in [6.07, 6.45) is 4.74. The molecule has 0 N–H and O–H groups in total. The van der Waals surface area contributed by atoms with Crippen molar-refractivity contribution >= 4 is 17.0 Å². The van der Waals surface area contributed by atoms with E-state index in [1.165, 1.54) is 5.56 Å². The van der Waals surface area contributed by atoms with Crippen LogP contribution in [0.3, 0.4) is 0 Å². The summed E-state index contributed by atoms with van der Waals surface area (Å²) < 4.78 is 6.86. The van der Waals surface area contributed by atoms with Gasteiger partial charge in [0.05, 0.1) is 17.5 Å². The molecule has 2 aromatic carbocycles. The first kappa shape index (κ1) is 19.5. The summed E-state index contributed by atoms with van der Waals surface area (Å²) in [7, 11) is 0. The number of ether oxygens (including phenoxy) is 1. The third-order valence-corrected chi connectivity index (χ3v) is 4.53. The monoisotopic (exact) mass is 376 g/mol. The minimum absolute atomic E-state index is 0.136. The number of hydrogen-bond acceptors (Lipinski definition) is 4. The zero-order chi connectivity index (χ0) is 19.8. The second-order valence-corrected chi connectivity index (χ2v) is 6.49. The van der Waals surface area contributed by atoms with Crippen LogP contribution in [0.1, 0.15) is 24.6 Å². The molecule has 144 valence electrons. The van der Waals surface area contributed by atoms with Gasteiger partial charge in [0.1, 0.15) is 12.3 Å². The maximum atomic E-state index is 13.0. The number of hydrogen-bond donors (Lipinski definition) is 0. The highest BCUT2D eigenvalue weighted by atomic mass is 16.5. The Morgan fingerprint density at radius 3 is 2.61 bits per heavy atom. The van der Waals surface area contributed by atoms with E-state index in [1.807, 2.05) is 55.5 Å². The zero-order valence-corrected chi connectivity index (χ0v) is 16.0. The van der Waals surface area contributed by atoms with Crippen LogP contribution in [0.5, 0.6) is 0 Å². The largest absolute Gasteiger partial charge is 0.461 e. The van der Waals surface area contributed by atoms with Crippen LogP contribution in [0.15, 0.2) is 71.5 Å². The van der Waals surface area contributed by atoms with Gasteiger partial charge in [0, 0.05) is 13.0 Å². The second-order valence-electron chi connectivity index (χ2n) is 6.49. The van der Waals surface area contributed by atoms with E-state index in [9.17, 15) is 9.59 Å². The highest BCUT2D eigenvalue weighted by Gasteiger charge is 2.13. The maximum Gasteiger partial charge on any atom is 0.306 e. The van der Waals surface area contributed by atoms with Gasteiger partial charge in [0.25, 0.3) is 5.56 Å². The molecule has 0 aliphatic heterocycles. The third kappa shape index (κ3) is 4.94. The summed E-state index contributed by atoms with van der Waals surface area (Å²) in [6, 6.07) is 17.7. The summed E-state index contributed by atoms with van der Waals surface area (Å²) >= 11 is 0. The van der Waals surface area contributed by atoms with E-state index in [0.29, 0.717) is 12.2 Å². The number of aryl methyl sites for hydroxylation is 3. The van der Waals surface area contributed by atoms with Crippen molar-refractivity contribution in [3.8, 4) is 0 Å². The van der Waals surface area contributed by atoms with Crippen LogP contribution in [0.2, 0.25) is 0 Å². The first-order valence-electron chi connectivity index (χ1n) is 9.48. The van der Waals surface area contributed by atoms with Crippen LogP contribution >= 0.6 is 0 Å². The van der Waals surface area contributed by atoms with Crippen LogP contribution in [0.4, 0.5) is 0 Å². The molecule has 3 aromatic rings. The molecule has 5 heteroatoms. The van der Waals surface area contributed by atoms with Gasteiger partial charge in [-0.15, -0.1) is 0 Å². The van der Waals surface area contributed by atoms with Crippen molar-refractivity contribution in [2.24, 2.45) is 0 Å². The summed E-state index contributed by atoms with van der Waals surface area (Å²) in [6.45, 7) is 2.68. The fourth-order valence-corrected chi connectivity index (χ4v) is 3.05. The van der Waals surface area contributed by atoms with E-state index in [2.05, 4.69) is 17.1 Å². The van der Waals surface area contributed by atoms with Gasteiger partial charge in [-0.2, -0.15) is 0 Å². The lowest BCUT2D eigenvalue weighted by molar-refractivity contribution is -0.142. The van der Waals surface area contributed by atoms with E-state index in [4.69, 9.17) is 4.74 Å². The van der Waals surface area contributed by atoms with Crippen molar-refractivity contribution in [3.63, 3.8) is 0 Å². The topological polar surface area (TPSA) is 61.2 Å². The third-order valence-electron chi connectivity index (χ3n) is 4.53. The minimum Gasteiger partial charge on any atom is -0.461 e. The van der Waals surface area contributed by atoms with E-state index in [-0.39, 0.29) is 31.0 Å². The molecule has 0 unspecified atom stereocenters. The molecule has 28 heavy (non-hydrogen) atoms. The smallest absolute Gasteiger partial charge is 0.306 e. The van der Waals surface area contributed by atoms with Crippen molar-refractivity contribution in [3.05, 3.63) is 88.4 Å². The summed E-state index contributed by atoms with van der Waals surface area (Å²) in [5.74, 6) is -0.330. The summed E-state index contributed by atoms with van der Waals surface area (Å²) in [4.78, 5) is 29.4. The normalized spacial score (nSPS) is 11.2. The Morgan fingerprint density at radius 1 is 1.07 bits per heavy atom. The van der Waals surface area contributed by atoms with Gasteiger partial charge in [-0.1, -0.05) is 54.6 Å². The fourth-order valence-electron chi connectivity index (χ4n) is 3.05. The average molecular weight is 376 g/mol. The van der Waals surface area contributed by atoms with E-state index < -0.39 is 0 Å². The molecule has 0 atom stereocenters. The molecule has 3 rings (SSSR count). The van der Waals surface area contributed by atoms with Crippen LogP contribution in [-0.4, -0.2) is 22.1 Å². The van der Waals surface area contributed by atoms with Crippen molar-refractivity contribution in [1.29, 1.82) is 0 Å². The molecule has 1 aromatic heterocycles. The van der Waals surface area contributed by atoms with Gasteiger partial charge < -0.3 is 9.30 Å². The van der Waals surface area contributed by atoms with Gasteiger partial charge in [-0.25, -0.2) is 4.98 Å². The number of nitrogens with zero attached hydrogens (tertiary/aromatic N) is 2. The number of carbonyl (C=O) groups is 1. The van der Waals surface area contributed by atoms with Crippen molar-refractivity contribution in [1.82, 2.24) is 9.55 Å². The molecule has 1 heterocycles. The molecule has 0 radical (unpaired) electrons. The molecule has 0 aliphatic carbocycles. The molecular formula is C23H24N2O3.